The predicted molar refractivity (Wildman–Crippen MR) is 98.5 cm³/mol. The predicted octanol–water partition coefficient (Wildman–Crippen LogP) is 2.71. The molecule has 0 amide bonds. The lowest BCUT2D eigenvalue weighted by atomic mass is 10.1. The number of aromatic nitrogens is 3. The van der Waals surface area contributed by atoms with Crippen molar-refractivity contribution >= 4 is 44.8 Å². The van der Waals surface area contributed by atoms with Gasteiger partial charge < -0.3 is 16.0 Å². The molecule has 0 saturated heterocycles. The van der Waals surface area contributed by atoms with E-state index in [1.165, 1.54) is 24.4 Å². The number of pyridine rings is 1. The van der Waals surface area contributed by atoms with E-state index in [1.54, 1.807) is 18.2 Å². The Bertz CT molecular complexity index is 1230. The van der Waals surface area contributed by atoms with E-state index in [2.05, 4.69) is 20.3 Å². The van der Waals surface area contributed by atoms with Crippen molar-refractivity contribution in [2.24, 2.45) is 0 Å². The summed E-state index contributed by atoms with van der Waals surface area (Å²) < 4.78 is 0. The van der Waals surface area contributed by atoms with Gasteiger partial charge in [-0.15, -0.1) is 0 Å². The van der Waals surface area contributed by atoms with Gasteiger partial charge in [-0.1, -0.05) is 6.07 Å². The Hall–Kier alpha value is -4.01. The van der Waals surface area contributed by atoms with Crippen LogP contribution in [-0.4, -0.2) is 19.9 Å². The van der Waals surface area contributed by atoms with Crippen LogP contribution in [0.15, 0.2) is 53.5 Å². The molecule has 4 N–H and O–H groups in total. The van der Waals surface area contributed by atoms with Gasteiger partial charge in [0.2, 0.25) is 5.95 Å². The number of hydrogen-bond acceptors (Lipinski definition) is 7. The van der Waals surface area contributed by atoms with Gasteiger partial charge >= 0.3 is 0 Å². The molecule has 0 atom stereocenters. The summed E-state index contributed by atoms with van der Waals surface area (Å²) in [5, 5.41) is 14.7. The van der Waals surface area contributed by atoms with E-state index in [9.17, 15) is 14.9 Å². The maximum Gasteiger partial charge on any atom is 0.270 e. The number of nitrogens with zero attached hydrogens (tertiary/aromatic N) is 3. The van der Waals surface area contributed by atoms with E-state index in [1.807, 2.05) is 6.07 Å². The van der Waals surface area contributed by atoms with Gasteiger partial charge in [0.15, 0.2) is 0 Å². The van der Waals surface area contributed by atoms with Crippen LogP contribution in [0.2, 0.25) is 0 Å². The largest absolute Gasteiger partial charge is 0.399 e. The number of rotatable bonds is 3. The van der Waals surface area contributed by atoms with Gasteiger partial charge in [0.05, 0.1) is 22.0 Å². The molecule has 9 heteroatoms. The minimum Gasteiger partial charge on any atom is -0.399 e. The molecular formula is C17H12N6O3. The zero-order valence-electron chi connectivity index (χ0n) is 13.3. The van der Waals surface area contributed by atoms with Crippen molar-refractivity contribution in [2.75, 3.05) is 11.1 Å². The number of nitrogens with two attached hydrogens (primary N) is 1. The number of nitrogens with one attached hydrogen (secondary N) is 2. The highest BCUT2D eigenvalue weighted by Crippen LogP contribution is 2.24. The van der Waals surface area contributed by atoms with E-state index in [0.29, 0.717) is 33.7 Å². The maximum atomic E-state index is 12.2. The Morgan fingerprint density at radius 3 is 2.77 bits per heavy atom. The lowest BCUT2D eigenvalue weighted by molar-refractivity contribution is -0.384. The highest BCUT2D eigenvalue weighted by Gasteiger charge is 2.13. The lowest BCUT2D eigenvalue weighted by Gasteiger charge is -2.08. The molecule has 0 spiro atoms. The number of nitrogen functional groups attached to an aromatic ring is 1. The smallest absolute Gasteiger partial charge is 0.270 e. The van der Waals surface area contributed by atoms with E-state index in [-0.39, 0.29) is 11.1 Å². The summed E-state index contributed by atoms with van der Waals surface area (Å²) in [6.45, 7) is 0. The van der Waals surface area contributed by atoms with Crippen molar-refractivity contribution in [3.8, 4) is 0 Å². The monoisotopic (exact) mass is 348 g/mol. The second-order valence-corrected chi connectivity index (χ2v) is 5.65. The zero-order valence-corrected chi connectivity index (χ0v) is 13.3. The molecule has 0 aliphatic heterocycles. The van der Waals surface area contributed by atoms with Gasteiger partial charge in [0.1, 0.15) is 5.52 Å². The molecule has 0 aliphatic carbocycles. The number of fused-ring (bicyclic) bond motifs is 3. The number of H-pyrrole nitrogens is 1. The molecule has 0 unspecified atom stereocenters. The van der Waals surface area contributed by atoms with Crippen LogP contribution < -0.4 is 16.6 Å². The zero-order chi connectivity index (χ0) is 18.3. The fraction of sp³-hybridized carbons (Fsp3) is 0. The summed E-state index contributed by atoms with van der Waals surface area (Å²) in [6, 6.07) is 11.2. The Morgan fingerprint density at radius 1 is 1.15 bits per heavy atom. The summed E-state index contributed by atoms with van der Waals surface area (Å²) in [4.78, 5) is 33.9. The Morgan fingerprint density at radius 2 is 2.00 bits per heavy atom. The first-order valence-corrected chi connectivity index (χ1v) is 7.61. The van der Waals surface area contributed by atoms with E-state index < -0.39 is 10.5 Å². The summed E-state index contributed by atoms with van der Waals surface area (Å²) >= 11 is 0. The van der Waals surface area contributed by atoms with E-state index in [4.69, 9.17) is 5.73 Å². The molecular weight excluding hydrogens is 336 g/mol. The second kappa shape index (κ2) is 5.81. The molecule has 26 heavy (non-hydrogen) atoms. The minimum absolute atomic E-state index is 0.158. The summed E-state index contributed by atoms with van der Waals surface area (Å²) in [7, 11) is 0. The molecule has 0 bridgehead atoms. The van der Waals surface area contributed by atoms with Crippen molar-refractivity contribution < 1.29 is 4.92 Å². The molecule has 0 radical (unpaired) electrons. The highest BCUT2D eigenvalue weighted by molar-refractivity contribution is 6.03. The summed E-state index contributed by atoms with van der Waals surface area (Å²) in [5.74, 6) is 0.315. The third-order valence-electron chi connectivity index (χ3n) is 3.89. The van der Waals surface area contributed by atoms with Gasteiger partial charge in [-0.2, -0.15) is 0 Å². The third kappa shape index (κ3) is 2.67. The maximum absolute atomic E-state index is 12.2. The molecule has 2 heterocycles. The first kappa shape index (κ1) is 15.5. The number of hydrogen-bond donors (Lipinski definition) is 3. The van der Waals surface area contributed by atoms with Crippen molar-refractivity contribution in [3.05, 3.63) is 69.1 Å². The number of aromatic amines is 1. The normalized spacial score (nSPS) is 10.9. The van der Waals surface area contributed by atoms with Crippen LogP contribution in [0.1, 0.15) is 0 Å². The third-order valence-corrected chi connectivity index (χ3v) is 3.89. The molecule has 0 fully saturated rings. The standard InChI is InChI=1S/C17H12N6O3/c18-9-2-1-3-10(6-9)20-17-19-8-14-15(22-17)12-5-4-11(23(25)26)7-13(12)16(24)21-14/h1-8H,18H2,(H,21,24)(H,19,20,22). The molecule has 2 aromatic heterocycles. The average molecular weight is 348 g/mol. The van der Waals surface area contributed by atoms with Gasteiger partial charge in [0, 0.05) is 28.9 Å². The van der Waals surface area contributed by atoms with Crippen LogP contribution in [0.4, 0.5) is 23.0 Å². The molecule has 9 nitrogen and oxygen atoms in total. The molecule has 128 valence electrons. The fourth-order valence-corrected chi connectivity index (χ4v) is 2.71. The van der Waals surface area contributed by atoms with Crippen molar-refractivity contribution in [1.82, 2.24) is 15.0 Å². The molecule has 2 aromatic carbocycles. The fourth-order valence-electron chi connectivity index (χ4n) is 2.71. The van der Waals surface area contributed by atoms with Gasteiger partial charge in [-0.3, -0.25) is 14.9 Å². The van der Waals surface area contributed by atoms with Gasteiger partial charge in [-0.05, 0) is 24.3 Å². The summed E-state index contributed by atoms with van der Waals surface area (Å²) in [5.41, 5.74) is 7.40. The lowest BCUT2D eigenvalue weighted by Crippen LogP contribution is -2.08. The SMILES string of the molecule is Nc1cccc(Nc2ncc3[nH]c(=O)c4cc([N+](=O)[O-])ccc4c3n2)c1. The number of anilines is 3. The number of nitro groups is 1. The van der Waals surface area contributed by atoms with Gasteiger partial charge in [0.25, 0.3) is 11.2 Å². The van der Waals surface area contributed by atoms with Crippen molar-refractivity contribution in [3.63, 3.8) is 0 Å². The van der Waals surface area contributed by atoms with Crippen molar-refractivity contribution in [1.29, 1.82) is 0 Å². The van der Waals surface area contributed by atoms with Gasteiger partial charge in [-0.25, -0.2) is 9.97 Å². The van der Waals surface area contributed by atoms with Crippen LogP contribution in [-0.2, 0) is 0 Å². The Labute approximate surface area is 145 Å². The van der Waals surface area contributed by atoms with Crippen LogP contribution in [0.25, 0.3) is 21.8 Å². The molecule has 4 aromatic rings. The number of nitro benzene ring substituents is 1. The molecule has 0 aliphatic rings. The van der Waals surface area contributed by atoms with Crippen LogP contribution in [0, 0.1) is 10.1 Å². The highest BCUT2D eigenvalue weighted by atomic mass is 16.6. The summed E-state index contributed by atoms with van der Waals surface area (Å²) in [6.07, 6.45) is 1.49. The molecule has 4 rings (SSSR count). The second-order valence-electron chi connectivity index (χ2n) is 5.65. The van der Waals surface area contributed by atoms with E-state index in [0.717, 1.165) is 0 Å². The van der Waals surface area contributed by atoms with Crippen molar-refractivity contribution in [2.45, 2.75) is 0 Å². The first-order valence-electron chi connectivity index (χ1n) is 7.61. The number of benzene rings is 2. The average Bonchev–Trinajstić information content (AvgIpc) is 2.62. The van der Waals surface area contributed by atoms with Crippen LogP contribution >= 0.6 is 0 Å². The van der Waals surface area contributed by atoms with Crippen LogP contribution in [0.5, 0.6) is 0 Å². The first-order chi connectivity index (χ1) is 12.5. The Balaban J connectivity index is 1.88. The Kier molecular flexibility index (Phi) is 3.47. The molecule has 0 saturated carbocycles. The van der Waals surface area contributed by atoms with E-state index >= 15 is 0 Å². The van der Waals surface area contributed by atoms with Crippen LogP contribution in [0.3, 0.4) is 0 Å². The minimum atomic E-state index is -0.546. The quantitative estimate of drug-likeness (QED) is 0.224. The topological polar surface area (TPSA) is 140 Å². The number of non-ortho nitro benzene ring substituents is 1.